The van der Waals surface area contributed by atoms with Gasteiger partial charge in [-0.25, -0.2) is 4.39 Å². The van der Waals surface area contributed by atoms with Gasteiger partial charge in [0, 0.05) is 40.3 Å². The van der Waals surface area contributed by atoms with Gasteiger partial charge < -0.3 is 14.7 Å². The molecule has 8 heteroatoms. The number of carboxylic acid groups (broad SMARTS) is 1. The van der Waals surface area contributed by atoms with Gasteiger partial charge in [-0.1, -0.05) is 17.7 Å². The van der Waals surface area contributed by atoms with Crippen molar-refractivity contribution in [2.45, 2.75) is 30.3 Å². The monoisotopic (exact) mass is 516 g/mol. The third-order valence-corrected chi connectivity index (χ3v) is 7.95. The maximum absolute atomic E-state index is 15.4. The summed E-state index contributed by atoms with van der Waals surface area (Å²) in [4.78, 5) is 19.7. The number of aromatic nitrogens is 1. The zero-order valence-corrected chi connectivity index (χ0v) is 21.3. The molecular weight excluding hydrogens is 487 g/mol. The lowest BCUT2D eigenvalue weighted by atomic mass is 9.81. The highest BCUT2D eigenvalue weighted by Crippen LogP contribution is 2.35. The fraction of sp³-hybridized carbons (Fsp3) is 0.407. The van der Waals surface area contributed by atoms with Crippen LogP contribution in [0.5, 0.6) is 5.75 Å². The first-order valence-electron chi connectivity index (χ1n) is 11.8. The normalized spacial score (nSPS) is 19.5. The lowest BCUT2D eigenvalue weighted by molar-refractivity contribution is -0.146. The average molecular weight is 517 g/mol. The number of carbonyl (C=O) groups is 1. The van der Waals surface area contributed by atoms with Gasteiger partial charge in [0.15, 0.2) is 0 Å². The summed E-state index contributed by atoms with van der Waals surface area (Å²) >= 11 is 7.77. The van der Waals surface area contributed by atoms with Gasteiger partial charge in [-0.3, -0.25) is 9.78 Å². The SMILES string of the molecule is COc1ccc2nccc([C@H](F)CC[C@@H]3CCN(CCSc4cccc(Cl)c4)C[C@@H]3C(=O)O)c2c1. The van der Waals surface area contributed by atoms with Crippen LogP contribution >= 0.6 is 23.4 Å². The van der Waals surface area contributed by atoms with Gasteiger partial charge in [0.25, 0.3) is 0 Å². The van der Waals surface area contributed by atoms with Crippen LogP contribution in [0.25, 0.3) is 10.9 Å². The van der Waals surface area contributed by atoms with Gasteiger partial charge in [-0.2, -0.15) is 0 Å². The minimum Gasteiger partial charge on any atom is -0.497 e. The first-order valence-corrected chi connectivity index (χ1v) is 13.2. The van der Waals surface area contributed by atoms with E-state index in [1.807, 2.05) is 42.5 Å². The van der Waals surface area contributed by atoms with Gasteiger partial charge in [0.2, 0.25) is 0 Å². The van der Waals surface area contributed by atoms with Crippen LogP contribution in [0.15, 0.2) is 59.6 Å². The van der Waals surface area contributed by atoms with Gasteiger partial charge in [-0.05, 0) is 79.8 Å². The summed E-state index contributed by atoms with van der Waals surface area (Å²) in [6, 6.07) is 14.9. The quantitative estimate of drug-likeness (QED) is 0.310. The molecule has 186 valence electrons. The number of hydrogen-bond acceptors (Lipinski definition) is 5. The number of benzene rings is 2. The fourth-order valence-electron chi connectivity index (χ4n) is 4.81. The molecule has 0 spiro atoms. The van der Waals surface area contributed by atoms with Crippen LogP contribution in [0.4, 0.5) is 4.39 Å². The van der Waals surface area contributed by atoms with Crippen LogP contribution in [0.2, 0.25) is 5.02 Å². The van der Waals surface area contributed by atoms with Crippen molar-refractivity contribution in [1.29, 1.82) is 0 Å². The lowest BCUT2D eigenvalue weighted by Crippen LogP contribution is -2.44. The maximum atomic E-state index is 15.4. The van der Waals surface area contributed by atoms with Gasteiger partial charge >= 0.3 is 5.97 Å². The number of carboxylic acids is 1. The minimum absolute atomic E-state index is 0.0368. The molecule has 0 unspecified atom stereocenters. The summed E-state index contributed by atoms with van der Waals surface area (Å²) in [7, 11) is 1.58. The summed E-state index contributed by atoms with van der Waals surface area (Å²) in [5, 5.41) is 11.3. The molecule has 0 radical (unpaired) electrons. The number of piperidine rings is 1. The second kappa shape index (κ2) is 12.1. The van der Waals surface area contributed by atoms with Crippen LogP contribution in [0.3, 0.4) is 0 Å². The molecule has 0 amide bonds. The van der Waals surface area contributed by atoms with Crippen molar-refractivity contribution < 1.29 is 19.0 Å². The predicted octanol–water partition coefficient (Wildman–Crippen LogP) is 6.50. The molecule has 1 N–H and O–H groups in total. The lowest BCUT2D eigenvalue weighted by Gasteiger charge is -2.36. The molecule has 0 aliphatic carbocycles. The van der Waals surface area contributed by atoms with Crippen LogP contribution in [-0.4, -0.2) is 53.5 Å². The Balaban J connectivity index is 1.33. The first kappa shape index (κ1) is 25.7. The smallest absolute Gasteiger partial charge is 0.308 e. The minimum atomic E-state index is -1.19. The molecule has 0 bridgehead atoms. The largest absolute Gasteiger partial charge is 0.497 e. The predicted molar refractivity (Wildman–Crippen MR) is 139 cm³/mol. The Hall–Kier alpha value is -2.35. The van der Waals surface area contributed by atoms with Crippen molar-refractivity contribution >= 4 is 40.2 Å². The average Bonchev–Trinajstić information content (AvgIpc) is 2.87. The molecule has 2 heterocycles. The molecule has 1 saturated heterocycles. The Kier molecular flexibility index (Phi) is 8.87. The Bertz CT molecular complexity index is 1160. The Morgan fingerprint density at radius 3 is 2.94 bits per heavy atom. The summed E-state index contributed by atoms with van der Waals surface area (Å²) in [6.45, 7) is 2.14. The second-order valence-electron chi connectivity index (χ2n) is 8.93. The van der Waals surface area contributed by atoms with E-state index < -0.39 is 18.1 Å². The van der Waals surface area contributed by atoms with E-state index in [1.165, 1.54) is 0 Å². The Morgan fingerprint density at radius 2 is 2.17 bits per heavy atom. The molecule has 3 aromatic rings. The summed E-state index contributed by atoms with van der Waals surface area (Å²) in [5.74, 6) is 0.205. The maximum Gasteiger partial charge on any atom is 0.308 e. The fourth-order valence-corrected chi connectivity index (χ4v) is 6.03. The molecule has 5 nitrogen and oxygen atoms in total. The summed E-state index contributed by atoms with van der Waals surface area (Å²) < 4.78 is 20.7. The van der Waals surface area contributed by atoms with E-state index in [9.17, 15) is 9.90 Å². The zero-order chi connectivity index (χ0) is 24.8. The van der Waals surface area contributed by atoms with Crippen molar-refractivity contribution in [1.82, 2.24) is 9.88 Å². The molecule has 1 fully saturated rings. The van der Waals surface area contributed by atoms with E-state index in [1.54, 1.807) is 31.1 Å². The number of ether oxygens (including phenoxy) is 1. The molecule has 4 rings (SSSR count). The van der Waals surface area contributed by atoms with Gasteiger partial charge in [0.05, 0.1) is 18.5 Å². The third-order valence-electron chi connectivity index (χ3n) is 6.74. The highest BCUT2D eigenvalue weighted by molar-refractivity contribution is 7.99. The number of likely N-dealkylation sites (tertiary alicyclic amines) is 1. The van der Waals surface area contributed by atoms with Crippen molar-refractivity contribution in [3.05, 3.63) is 65.3 Å². The Morgan fingerprint density at radius 1 is 1.31 bits per heavy atom. The second-order valence-corrected chi connectivity index (χ2v) is 10.5. The number of nitrogens with zero attached hydrogens (tertiary/aromatic N) is 2. The number of hydrogen-bond donors (Lipinski definition) is 1. The molecule has 2 aromatic carbocycles. The number of methoxy groups -OCH3 is 1. The highest BCUT2D eigenvalue weighted by Gasteiger charge is 2.34. The number of fused-ring (bicyclic) bond motifs is 1. The topological polar surface area (TPSA) is 62.7 Å². The van der Waals surface area contributed by atoms with E-state index in [2.05, 4.69) is 9.88 Å². The number of alkyl halides is 1. The van der Waals surface area contributed by atoms with E-state index in [0.717, 1.165) is 41.1 Å². The van der Waals surface area contributed by atoms with Crippen molar-refractivity contribution in [2.24, 2.45) is 11.8 Å². The summed E-state index contributed by atoms with van der Waals surface area (Å²) in [6.07, 6.45) is 2.02. The van der Waals surface area contributed by atoms with Crippen LogP contribution in [0.1, 0.15) is 31.0 Å². The van der Waals surface area contributed by atoms with E-state index in [-0.39, 0.29) is 12.3 Å². The van der Waals surface area contributed by atoms with Crippen molar-refractivity contribution in [3.8, 4) is 5.75 Å². The van der Waals surface area contributed by atoms with Gasteiger partial charge in [0.1, 0.15) is 11.9 Å². The van der Waals surface area contributed by atoms with Crippen molar-refractivity contribution in [3.63, 3.8) is 0 Å². The number of pyridine rings is 1. The molecule has 1 aliphatic heterocycles. The third kappa shape index (κ3) is 6.66. The van der Waals surface area contributed by atoms with Crippen LogP contribution in [0, 0.1) is 11.8 Å². The first-order chi connectivity index (χ1) is 16.9. The molecule has 35 heavy (non-hydrogen) atoms. The molecule has 1 aliphatic rings. The molecule has 0 saturated carbocycles. The number of aliphatic carboxylic acids is 1. The molecular formula is C27H30ClFN2O3S. The number of thioether (sulfide) groups is 1. The standard InChI is InChI=1S/C27H30ClFN2O3S/c1-34-20-6-8-26-23(16-20)22(9-11-30-26)25(29)7-5-18-10-12-31(17-24(18)27(32)33)13-14-35-21-4-2-3-19(28)15-21/h2-4,6,8-9,11,15-16,18,24-25H,5,7,10,12-14,17H2,1H3,(H,32,33)/t18-,24+,25-/m1/s1. The van der Waals surface area contributed by atoms with Gasteiger partial charge in [-0.15, -0.1) is 11.8 Å². The van der Waals surface area contributed by atoms with E-state index >= 15 is 4.39 Å². The highest BCUT2D eigenvalue weighted by atomic mass is 35.5. The Labute approximate surface area is 214 Å². The van der Waals surface area contributed by atoms with E-state index in [4.69, 9.17) is 16.3 Å². The van der Waals surface area contributed by atoms with E-state index in [0.29, 0.717) is 29.3 Å². The zero-order valence-electron chi connectivity index (χ0n) is 19.7. The number of halogens is 2. The molecule has 1 aromatic heterocycles. The van der Waals surface area contributed by atoms with Crippen LogP contribution in [-0.2, 0) is 4.79 Å². The van der Waals surface area contributed by atoms with Crippen LogP contribution < -0.4 is 4.74 Å². The summed E-state index contributed by atoms with van der Waals surface area (Å²) in [5.41, 5.74) is 1.30. The molecule has 3 atom stereocenters. The number of rotatable bonds is 10. The van der Waals surface area contributed by atoms with Crippen molar-refractivity contribution in [2.75, 3.05) is 32.5 Å².